The van der Waals surface area contributed by atoms with Crippen LogP contribution in [-0.2, 0) is 6.42 Å². The highest BCUT2D eigenvalue weighted by Crippen LogP contribution is 2.35. The van der Waals surface area contributed by atoms with Gasteiger partial charge in [-0.15, -0.1) is 0 Å². The largest absolute Gasteiger partial charge is 0.429 e. The molecule has 0 spiro atoms. The van der Waals surface area contributed by atoms with Crippen molar-refractivity contribution in [3.05, 3.63) is 89.5 Å². The van der Waals surface area contributed by atoms with Crippen LogP contribution in [0.15, 0.2) is 60.7 Å². The Bertz CT molecular complexity index is 1400. The second kappa shape index (κ2) is 11.7. The molecule has 0 aliphatic carbocycles. The molecule has 0 saturated heterocycles. The Morgan fingerprint density at radius 3 is 2.00 bits per heavy atom. The maximum absolute atomic E-state index is 15.1. The van der Waals surface area contributed by atoms with E-state index in [-0.39, 0.29) is 21.9 Å². The van der Waals surface area contributed by atoms with Crippen LogP contribution in [0.2, 0.25) is 0 Å². The SMILES string of the molecule is CCCCCCCc1ccc(-c2ccc(-c3ccc4c(F)c(OC(F)F)c(F)cc4c3)c(F)c2)c(F)c1. The summed E-state index contributed by atoms with van der Waals surface area (Å²) in [6.07, 6.45) is 6.39. The van der Waals surface area contributed by atoms with Gasteiger partial charge in [-0.3, -0.25) is 0 Å². The monoisotopic (exact) mass is 516 g/mol. The summed E-state index contributed by atoms with van der Waals surface area (Å²) in [4.78, 5) is 0. The van der Waals surface area contributed by atoms with Gasteiger partial charge in [0.05, 0.1) is 0 Å². The molecule has 0 bridgehead atoms. The highest BCUT2D eigenvalue weighted by Gasteiger charge is 2.20. The molecular weight excluding hydrogens is 490 g/mol. The van der Waals surface area contributed by atoms with Gasteiger partial charge in [0.15, 0.2) is 17.4 Å². The second-order valence-corrected chi connectivity index (χ2v) is 8.99. The third-order valence-corrected chi connectivity index (χ3v) is 6.39. The van der Waals surface area contributed by atoms with E-state index in [2.05, 4.69) is 11.7 Å². The molecule has 4 aromatic rings. The normalized spacial score (nSPS) is 11.5. The average Bonchev–Trinajstić information content (AvgIpc) is 2.86. The minimum Gasteiger partial charge on any atom is -0.429 e. The van der Waals surface area contributed by atoms with E-state index in [0.29, 0.717) is 11.1 Å². The molecule has 7 heteroatoms. The number of benzene rings is 4. The van der Waals surface area contributed by atoms with Crippen LogP contribution in [0.4, 0.5) is 26.3 Å². The number of hydrogen-bond donors (Lipinski definition) is 0. The predicted molar refractivity (Wildman–Crippen MR) is 134 cm³/mol. The third kappa shape index (κ3) is 6.09. The van der Waals surface area contributed by atoms with Gasteiger partial charge >= 0.3 is 6.61 Å². The van der Waals surface area contributed by atoms with Crippen molar-refractivity contribution in [2.45, 2.75) is 52.1 Å². The molecule has 0 aliphatic rings. The summed E-state index contributed by atoms with van der Waals surface area (Å²) in [5.41, 5.74) is 1.99. The van der Waals surface area contributed by atoms with Gasteiger partial charge in [0, 0.05) is 16.5 Å². The minimum absolute atomic E-state index is 0.0499. The fourth-order valence-corrected chi connectivity index (χ4v) is 4.47. The van der Waals surface area contributed by atoms with Crippen LogP contribution >= 0.6 is 0 Å². The number of alkyl halides is 2. The van der Waals surface area contributed by atoms with Gasteiger partial charge in [-0.05, 0) is 59.2 Å². The van der Waals surface area contributed by atoms with Gasteiger partial charge in [-0.2, -0.15) is 8.78 Å². The van der Waals surface area contributed by atoms with Crippen molar-refractivity contribution in [3.8, 4) is 28.0 Å². The van der Waals surface area contributed by atoms with Gasteiger partial charge in [-0.25, -0.2) is 17.6 Å². The van der Waals surface area contributed by atoms with Gasteiger partial charge in [-0.1, -0.05) is 69.0 Å². The Kier molecular flexibility index (Phi) is 8.41. The standard InChI is InChI=1S/C30H26F6O/c1-2-3-4-5-6-7-18-8-11-22(25(31)14-18)20-9-12-23(26(32)16-20)19-10-13-24-21(15-19)17-27(33)29(28(24)34)37-30(35)36/h8-17,30H,2-7H2,1H3. The first-order valence-corrected chi connectivity index (χ1v) is 12.2. The lowest BCUT2D eigenvalue weighted by Crippen LogP contribution is -2.06. The van der Waals surface area contributed by atoms with Crippen molar-refractivity contribution < 1.29 is 31.1 Å². The Morgan fingerprint density at radius 1 is 0.676 bits per heavy atom. The summed E-state index contributed by atoms with van der Waals surface area (Å²) in [5.74, 6) is -4.81. The van der Waals surface area contributed by atoms with Gasteiger partial charge in [0.1, 0.15) is 11.6 Å². The topological polar surface area (TPSA) is 9.23 Å². The van der Waals surface area contributed by atoms with Crippen molar-refractivity contribution >= 4 is 10.8 Å². The van der Waals surface area contributed by atoms with Crippen molar-refractivity contribution in [2.24, 2.45) is 0 Å². The van der Waals surface area contributed by atoms with Gasteiger partial charge in [0.25, 0.3) is 0 Å². The molecule has 0 N–H and O–H groups in total. The van der Waals surface area contributed by atoms with Crippen LogP contribution in [0.5, 0.6) is 5.75 Å². The van der Waals surface area contributed by atoms with Crippen LogP contribution in [0, 0.1) is 23.3 Å². The summed E-state index contributed by atoms with van der Waals surface area (Å²) in [5, 5.41) is -0.0979. The lowest BCUT2D eigenvalue weighted by atomic mass is 9.96. The molecule has 0 unspecified atom stereocenters. The van der Waals surface area contributed by atoms with E-state index in [1.54, 1.807) is 12.1 Å². The van der Waals surface area contributed by atoms with Crippen molar-refractivity contribution in [1.82, 2.24) is 0 Å². The lowest BCUT2D eigenvalue weighted by molar-refractivity contribution is -0.0544. The Labute approximate surface area is 211 Å². The number of aryl methyl sites for hydroxylation is 1. The van der Waals surface area contributed by atoms with Crippen LogP contribution in [0.3, 0.4) is 0 Å². The van der Waals surface area contributed by atoms with E-state index in [0.717, 1.165) is 43.7 Å². The Hall–Kier alpha value is -3.48. The summed E-state index contributed by atoms with van der Waals surface area (Å²) in [6, 6.07) is 14.1. The fourth-order valence-electron chi connectivity index (χ4n) is 4.47. The zero-order valence-corrected chi connectivity index (χ0v) is 20.3. The van der Waals surface area contributed by atoms with E-state index in [9.17, 15) is 22.0 Å². The quantitative estimate of drug-likeness (QED) is 0.151. The molecule has 0 saturated carbocycles. The van der Waals surface area contributed by atoms with Crippen LogP contribution < -0.4 is 4.74 Å². The van der Waals surface area contributed by atoms with E-state index in [4.69, 9.17) is 0 Å². The molecule has 194 valence electrons. The molecule has 0 amide bonds. The summed E-state index contributed by atoms with van der Waals surface area (Å²) < 4.78 is 87.5. The van der Waals surface area contributed by atoms with E-state index < -0.39 is 35.6 Å². The van der Waals surface area contributed by atoms with Crippen LogP contribution in [0.25, 0.3) is 33.0 Å². The highest BCUT2D eigenvalue weighted by atomic mass is 19.3. The van der Waals surface area contributed by atoms with Crippen molar-refractivity contribution in [2.75, 3.05) is 0 Å². The van der Waals surface area contributed by atoms with Crippen molar-refractivity contribution in [3.63, 3.8) is 0 Å². The molecule has 4 rings (SSSR count). The molecule has 37 heavy (non-hydrogen) atoms. The summed E-state index contributed by atoms with van der Waals surface area (Å²) in [6.45, 7) is -1.23. The number of ether oxygens (including phenoxy) is 1. The van der Waals surface area contributed by atoms with Crippen LogP contribution in [0.1, 0.15) is 44.6 Å². The summed E-state index contributed by atoms with van der Waals surface area (Å²) >= 11 is 0. The zero-order valence-electron chi connectivity index (χ0n) is 20.3. The molecular formula is C30H26F6O. The lowest BCUT2D eigenvalue weighted by Gasteiger charge is -2.12. The molecule has 0 heterocycles. The molecule has 1 nitrogen and oxygen atoms in total. The zero-order chi connectivity index (χ0) is 26.5. The molecule has 4 aromatic carbocycles. The van der Waals surface area contributed by atoms with E-state index in [1.807, 2.05) is 6.07 Å². The van der Waals surface area contributed by atoms with Gasteiger partial charge in [0.2, 0.25) is 0 Å². The molecule has 0 aliphatic heterocycles. The van der Waals surface area contributed by atoms with Gasteiger partial charge < -0.3 is 4.74 Å². The number of fused-ring (bicyclic) bond motifs is 1. The molecule has 0 atom stereocenters. The predicted octanol–water partition coefficient (Wildman–Crippen LogP) is 9.84. The Morgan fingerprint density at radius 2 is 1.32 bits per heavy atom. The number of halogens is 6. The first kappa shape index (κ1) is 26.6. The maximum atomic E-state index is 15.1. The highest BCUT2D eigenvalue weighted by molar-refractivity contribution is 5.89. The van der Waals surface area contributed by atoms with E-state index >= 15 is 4.39 Å². The number of unbranched alkanes of at least 4 members (excludes halogenated alkanes) is 4. The Balaban J connectivity index is 1.57. The third-order valence-electron chi connectivity index (χ3n) is 6.39. The fraction of sp³-hybridized carbons (Fsp3) is 0.267. The molecule has 0 radical (unpaired) electrons. The second-order valence-electron chi connectivity index (χ2n) is 8.99. The average molecular weight is 517 g/mol. The van der Waals surface area contributed by atoms with Crippen LogP contribution in [-0.4, -0.2) is 6.61 Å². The van der Waals surface area contributed by atoms with E-state index in [1.165, 1.54) is 42.8 Å². The summed E-state index contributed by atoms with van der Waals surface area (Å²) in [7, 11) is 0. The van der Waals surface area contributed by atoms with Crippen molar-refractivity contribution in [1.29, 1.82) is 0 Å². The first-order valence-electron chi connectivity index (χ1n) is 12.2. The molecule has 0 aromatic heterocycles. The first-order chi connectivity index (χ1) is 17.8. The molecule has 0 fully saturated rings. The number of hydrogen-bond acceptors (Lipinski definition) is 1. The maximum Gasteiger partial charge on any atom is 0.387 e. The minimum atomic E-state index is -3.38. The smallest absolute Gasteiger partial charge is 0.387 e. The number of rotatable bonds is 10.